The van der Waals surface area contributed by atoms with Gasteiger partial charge in [-0.1, -0.05) is 56.3 Å². The Hall–Kier alpha value is -3.67. The van der Waals surface area contributed by atoms with Gasteiger partial charge >= 0.3 is 0 Å². The highest BCUT2D eigenvalue weighted by Gasteiger charge is 2.35. The minimum atomic E-state index is -0.777. The summed E-state index contributed by atoms with van der Waals surface area (Å²) in [6.07, 6.45) is 0.904. The molecule has 0 saturated heterocycles. The first-order valence-electron chi connectivity index (χ1n) is 11.4. The van der Waals surface area contributed by atoms with Gasteiger partial charge in [0.1, 0.15) is 5.75 Å². The van der Waals surface area contributed by atoms with Crippen LogP contribution in [0, 0.1) is 6.92 Å². The van der Waals surface area contributed by atoms with Crippen LogP contribution >= 0.6 is 0 Å². The smallest absolute Gasteiger partial charge is 0.263 e. The third kappa shape index (κ3) is 4.75. The number of hydrogen-bond acceptors (Lipinski definition) is 4. The van der Waals surface area contributed by atoms with Gasteiger partial charge in [-0.3, -0.25) is 14.6 Å². The molecule has 2 aromatic carbocycles. The van der Waals surface area contributed by atoms with E-state index in [4.69, 9.17) is 4.74 Å². The van der Waals surface area contributed by atoms with Gasteiger partial charge in [0.25, 0.3) is 11.8 Å². The number of fused-ring (bicyclic) bond motifs is 1. The topological polar surface area (TPSA) is 71.5 Å². The molecule has 3 aromatic rings. The van der Waals surface area contributed by atoms with E-state index in [1.54, 1.807) is 11.0 Å². The van der Waals surface area contributed by atoms with Crippen LogP contribution < -0.4 is 15.0 Å². The van der Waals surface area contributed by atoms with Crippen LogP contribution in [0.1, 0.15) is 42.7 Å². The van der Waals surface area contributed by atoms with E-state index in [2.05, 4.69) is 10.3 Å². The number of aryl methyl sites for hydroxylation is 1. The number of benzene rings is 2. The fraction of sp³-hybridized carbons (Fsp3) is 0.296. The Kier molecular flexibility index (Phi) is 6.73. The lowest BCUT2D eigenvalue weighted by Crippen LogP contribution is -2.52. The molecule has 0 radical (unpaired) electrons. The molecule has 6 nitrogen and oxygen atoms in total. The summed E-state index contributed by atoms with van der Waals surface area (Å²) >= 11 is 0. The summed E-state index contributed by atoms with van der Waals surface area (Å²) < 4.78 is 5.99. The standard InChI is InChI=1S/C27H29N3O3/c1-4-20(5-2)29-26(31)25-17-30(23-13-9-10-14-24(23)33-25)27(32)21-15-16-22(28-18(21)3)19-11-7-6-8-12-19/h6-16,20,25H,4-5,17H2,1-3H3,(H,29,31). The minimum absolute atomic E-state index is 0.0828. The van der Waals surface area contributed by atoms with Gasteiger partial charge in [-0.15, -0.1) is 0 Å². The van der Waals surface area contributed by atoms with Gasteiger partial charge < -0.3 is 15.0 Å². The van der Waals surface area contributed by atoms with E-state index in [1.165, 1.54) is 0 Å². The number of carbonyl (C=O) groups excluding carboxylic acids is 2. The van der Waals surface area contributed by atoms with Crippen molar-refractivity contribution in [2.75, 3.05) is 11.4 Å². The Bertz CT molecular complexity index is 1140. The Morgan fingerprint density at radius 3 is 2.42 bits per heavy atom. The van der Waals surface area contributed by atoms with Gasteiger partial charge in [-0.25, -0.2) is 0 Å². The summed E-state index contributed by atoms with van der Waals surface area (Å²) in [5, 5.41) is 3.04. The van der Waals surface area contributed by atoms with Crippen molar-refractivity contribution in [2.24, 2.45) is 0 Å². The van der Waals surface area contributed by atoms with Crippen LogP contribution in [0.2, 0.25) is 0 Å². The molecule has 33 heavy (non-hydrogen) atoms. The summed E-state index contributed by atoms with van der Waals surface area (Å²) in [4.78, 5) is 32.9. The van der Waals surface area contributed by atoms with Gasteiger partial charge in [0, 0.05) is 11.6 Å². The highest BCUT2D eigenvalue weighted by Crippen LogP contribution is 2.34. The van der Waals surface area contributed by atoms with E-state index in [0.717, 1.165) is 24.1 Å². The monoisotopic (exact) mass is 443 g/mol. The largest absolute Gasteiger partial charge is 0.477 e. The number of para-hydroxylation sites is 2. The molecule has 170 valence electrons. The number of amides is 2. The molecule has 0 saturated carbocycles. The summed E-state index contributed by atoms with van der Waals surface area (Å²) in [5.74, 6) is 0.120. The number of rotatable bonds is 6. The molecule has 1 aliphatic rings. The van der Waals surface area contributed by atoms with Crippen LogP contribution in [0.3, 0.4) is 0 Å². The molecule has 2 amide bonds. The Morgan fingerprint density at radius 1 is 1.03 bits per heavy atom. The molecule has 1 N–H and O–H groups in total. The average molecular weight is 444 g/mol. The Balaban J connectivity index is 1.63. The third-order valence-electron chi connectivity index (χ3n) is 6.03. The van der Waals surface area contributed by atoms with Crippen molar-refractivity contribution in [1.29, 1.82) is 0 Å². The Morgan fingerprint density at radius 2 is 1.73 bits per heavy atom. The molecule has 2 heterocycles. The number of aromatic nitrogens is 1. The van der Waals surface area contributed by atoms with E-state index in [9.17, 15) is 9.59 Å². The van der Waals surface area contributed by atoms with Gasteiger partial charge in [-0.2, -0.15) is 0 Å². The van der Waals surface area contributed by atoms with Crippen molar-refractivity contribution >= 4 is 17.5 Å². The zero-order chi connectivity index (χ0) is 23.4. The summed E-state index contributed by atoms with van der Waals surface area (Å²) in [6.45, 7) is 6.05. The van der Waals surface area contributed by atoms with Crippen molar-refractivity contribution in [2.45, 2.75) is 45.8 Å². The highest BCUT2D eigenvalue weighted by atomic mass is 16.5. The fourth-order valence-electron chi connectivity index (χ4n) is 4.05. The summed E-state index contributed by atoms with van der Waals surface area (Å²) in [7, 11) is 0. The van der Waals surface area contributed by atoms with E-state index < -0.39 is 6.10 Å². The number of nitrogens with zero attached hydrogens (tertiary/aromatic N) is 2. The minimum Gasteiger partial charge on any atom is -0.477 e. The maximum Gasteiger partial charge on any atom is 0.263 e. The second kappa shape index (κ2) is 9.86. The number of anilines is 1. The van der Waals surface area contributed by atoms with Crippen LogP contribution in [0.4, 0.5) is 5.69 Å². The van der Waals surface area contributed by atoms with E-state index in [0.29, 0.717) is 22.7 Å². The normalized spacial score (nSPS) is 15.0. The quantitative estimate of drug-likeness (QED) is 0.596. The predicted molar refractivity (Wildman–Crippen MR) is 129 cm³/mol. The van der Waals surface area contributed by atoms with E-state index >= 15 is 0 Å². The number of carbonyl (C=O) groups is 2. The maximum absolute atomic E-state index is 13.6. The molecular formula is C27H29N3O3. The lowest BCUT2D eigenvalue weighted by Gasteiger charge is -2.35. The second-order valence-corrected chi connectivity index (χ2v) is 8.21. The number of hydrogen-bond donors (Lipinski definition) is 1. The van der Waals surface area contributed by atoms with Crippen LogP contribution in [0.25, 0.3) is 11.3 Å². The van der Waals surface area contributed by atoms with Crippen molar-refractivity contribution in [3.05, 3.63) is 78.0 Å². The van der Waals surface area contributed by atoms with Crippen molar-refractivity contribution in [1.82, 2.24) is 10.3 Å². The zero-order valence-corrected chi connectivity index (χ0v) is 19.2. The average Bonchev–Trinajstić information content (AvgIpc) is 2.86. The van der Waals surface area contributed by atoms with Crippen molar-refractivity contribution in [3.8, 4) is 17.0 Å². The summed E-state index contributed by atoms with van der Waals surface area (Å²) in [5.41, 5.74) is 3.61. The third-order valence-corrected chi connectivity index (χ3v) is 6.03. The molecule has 0 fully saturated rings. The molecule has 1 aliphatic heterocycles. The summed E-state index contributed by atoms with van der Waals surface area (Å²) in [6, 6.07) is 20.9. The highest BCUT2D eigenvalue weighted by molar-refractivity contribution is 6.08. The molecule has 1 aromatic heterocycles. The van der Waals surface area contributed by atoms with Crippen LogP contribution in [-0.2, 0) is 4.79 Å². The van der Waals surface area contributed by atoms with Crippen LogP contribution in [-0.4, -0.2) is 35.5 Å². The van der Waals surface area contributed by atoms with Gasteiger partial charge in [0.15, 0.2) is 6.10 Å². The van der Waals surface area contributed by atoms with Gasteiger partial charge in [0.05, 0.1) is 29.2 Å². The Labute approximate surface area is 194 Å². The number of nitrogens with one attached hydrogen (secondary N) is 1. The molecule has 0 spiro atoms. The van der Waals surface area contributed by atoms with Crippen molar-refractivity contribution in [3.63, 3.8) is 0 Å². The van der Waals surface area contributed by atoms with E-state index in [1.807, 2.05) is 81.4 Å². The number of ether oxygens (including phenoxy) is 1. The number of pyridine rings is 1. The molecule has 0 bridgehead atoms. The molecule has 1 atom stereocenters. The van der Waals surface area contributed by atoms with E-state index in [-0.39, 0.29) is 24.4 Å². The predicted octanol–water partition coefficient (Wildman–Crippen LogP) is 4.77. The SMILES string of the molecule is CCC(CC)NC(=O)C1CN(C(=O)c2ccc(-c3ccccc3)nc2C)c2ccccc2O1. The van der Waals surface area contributed by atoms with Gasteiger partial charge in [0.2, 0.25) is 0 Å². The second-order valence-electron chi connectivity index (χ2n) is 8.21. The van der Waals surface area contributed by atoms with Crippen molar-refractivity contribution < 1.29 is 14.3 Å². The van der Waals surface area contributed by atoms with Crippen LogP contribution in [0.15, 0.2) is 66.7 Å². The first-order chi connectivity index (χ1) is 16.0. The van der Waals surface area contributed by atoms with Crippen LogP contribution in [0.5, 0.6) is 5.75 Å². The first kappa shape index (κ1) is 22.5. The first-order valence-corrected chi connectivity index (χ1v) is 11.4. The van der Waals surface area contributed by atoms with Gasteiger partial charge in [-0.05, 0) is 44.0 Å². The molecule has 6 heteroatoms. The lowest BCUT2D eigenvalue weighted by atomic mass is 10.1. The lowest BCUT2D eigenvalue weighted by molar-refractivity contribution is -0.128. The molecule has 1 unspecified atom stereocenters. The molecule has 4 rings (SSSR count). The fourth-order valence-corrected chi connectivity index (χ4v) is 4.05. The molecule has 0 aliphatic carbocycles. The molecular weight excluding hydrogens is 414 g/mol. The zero-order valence-electron chi connectivity index (χ0n) is 19.2. The maximum atomic E-state index is 13.6.